The Hall–Kier alpha value is -0.990. The molecule has 0 aliphatic heterocycles. The Labute approximate surface area is 67.8 Å². The Morgan fingerprint density at radius 1 is 1.27 bits per heavy atom. The SMILES string of the molecule is CC(C)=O.CC=O.CCC=O. The predicted octanol–water partition coefficient (Wildman–Crippen LogP) is 1.40. The van der Waals surface area contributed by atoms with Gasteiger partial charge in [0.2, 0.25) is 0 Å². The van der Waals surface area contributed by atoms with Crippen molar-refractivity contribution in [3.05, 3.63) is 0 Å². The van der Waals surface area contributed by atoms with E-state index in [4.69, 9.17) is 4.79 Å². The third kappa shape index (κ3) is 4430000. The van der Waals surface area contributed by atoms with E-state index in [0.29, 0.717) is 6.42 Å². The van der Waals surface area contributed by atoms with Crippen molar-refractivity contribution in [3.8, 4) is 0 Å². The molecule has 0 N–H and O–H groups in total. The maximum absolute atomic E-state index is 9.44. The van der Waals surface area contributed by atoms with Crippen molar-refractivity contribution in [1.29, 1.82) is 0 Å². The zero-order valence-electron chi connectivity index (χ0n) is 7.59. The Balaban J connectivity index is -0.0000000886. The highest BCUT2D eigenvalue weighted by Crippen LogP contribution is 1.53. The fourth-order valence-electron chi connectivity index (χ4n) is 0. The lowest BCUT2D eigenvalue weighted by Gasteiger charge is -1.56. The second-order valence-corrected chi connectivity index (χ2v) is 1.72. The summed E-state index contributed by atoms with van der Waals surface area (Å²) in [4.78, 5) is 27.4. The molecule has 0 spiro atoms. The molecule has 0 fully saturated rings. The van der Waals surface area contributed by atoms with Crippen LogP contribution in [-0.4, -0.2) is 18.4 Å². The topological polar surface area (TPSA) is 51.2 Å². The molecule has 0 bridgehead atoms. The molecular weight excluding hydrogens is 144 g/mol. The maximum Gasteiger partial charge on any atom is 0.126 e. The van der Waals surface area contributed by atoms with E-state index >= 15 is 0 Å². The van der Waals surface area contributed by atoms with Crippen LogP contribution in [0.2, 0.25) is 0 Å². The molecule has 0 atom stereocenters. The maximum atomic E-state index is 9.44. The van der Waals surface area contributed by atoms with Crippen molar-refractivity contribution < 1.29 is 14.4 Å². The molecule has 0 saturated carbocycles. The van der Waals surface area contributed by atoms with E-state index in [9.17, 15) is 9.59 Å². The average molecular weight is 160 g/mol. The highest BCUT2D eigenvalue weighted by atomic mass is 16.1. The molecule has 0 unspecified atom stereocenters. The number of hydrogen-bond donors (Lipinski definition) is 0. The van der Waals surface area contributed by atoms with Crippen molar-refractivity contribution in [3.63, 3.8) is 0 Å². The fraction of sp³-hybridized carbons (Fsp3) is 0.625. The first kappa shape index (κ1) is 16.5. The van der Waals surface area contributed by atoms with E-state index in [1.54, 1.807) is 0 Å². The van der Waals surface area contributed by atoms with E-state index in [2.05, 4.69) is 0 Å². The number of carbonyl (C=O) groups is 3. The summed E-state index contributed by atoms with van der Waals surface area (Å²) in [5.41, 5.74) is 0. The lowest BCUT2D eigenvalue weighted by Crippen LogP contribution is -1.69. The van der Waals surface area contributed by atoms with Crippen LogP contribution in [0.5, 0.6) is 0 Å². The van der Waals surface area contributed by atoms with E-state index in [-0.39, 0.29) is 5.78 Å². The molecular formula is C8H16O3. The minimum Gasteiger partial charge on any atom is -0.304 e. The average Bonchev–Trinajstić information content (AvgIpc) is 1.88. The molecule has 66 valence electrons. The summed E-state index contributed by atoms with van der Waals surface area (Å²) < 4.78 is 0. The normalized spacial score (nSPS) is 5.82. The summed E-state index contributed by atoms with van der Waals surface area (Å²) in [5, 5.41) is 0. The van der Waals surface area contributed by atoms with Crippen LogP contribution >= 0.6 is 0 Å². The van der Waals surface area contributed by atoms with Gasteiger partial charge in [0.05, 0.1) is 0 Å². The molecule has 11 heavy (non-hydrogen) atoms. The van der Waals surface area contributed by atoms with Gasteiger partial charge in [0.15, 0.2) is 0 Å². The number of aldehydes is 2. The third-order valence-corrected chi connectivity index (χ3v) is 0.167. The highest BCUT2D eigenvalue weighted by molar-refractivity contribution is 5.72. The van der Waals surface area contributed by atoms with Gasteiger partial charge in [0, 0.05) is 6.42 Å². The van der Waals surface area contributed by atoms with Crippen molar-refractivity contribution in [2.75, 3.05) is 0 Å². The molecule has 0 aliphatic carbocycles. The zero-order chi connectivity index (χ0) is 9.70. The first-order valence-corrected chi connectivity index (χ1v) is 3.37. The van der Waals surface area contributed by atoms with Gasteiger partial charge in [0.1, 0.15) is 18.4 Å². The van der Waals surface area contributed by atoms with Crippen LogP contribution in [0.4, 0.5) is 0 Å². The van der Waals surface area contributed by atoms with Crippen LogP contribution < -0.4 is 0 Å². The lowest BCUT2D eigenvalue weighted by atomic mass is 10.6. The van der Waals surface area contributed by atoms with Gasteiger partial charge in [-0.3, -0.25) is 0 Å². The van der Waals surface area contributed by atoms with Crippen molar-refractivity contribution in [1.82, 2.24) is 0 Å². The molecule has 0 radical (unpaired) electrons. The second kappa shape index (κ2) is 23.0. The van der Waals surface area contributed by atoms with E-state index in [0.717, 1.165) is 12.6 Å². The summed E-state index contributed by atoms with van der Waals surface area (Å²) >= 11 is 0. The molecule has 0 aromatic carbocycles. The number of hydrogen-bond acceptors (Lipinski definition) is 3. The molecule has 0 aromatic heterocycles. The molecule has 0 heterocycles. The summed E-state index contributed by atoms with van der Waals surface area (Å²) in [5.74, 6) is 0.167. The Morgan fingerprint density at radius 2 is 1.36 bits per heavy atom. The van der Waals surface area contributed by atoms with Crippen molar-refractivity contribution in [2.24, 2.45) is 0 Å². The minimum absolute atomic E-state index is 0.167. The van der Waals surface area contributed by atoms with Gasteiger partial charge >= 0.3 is 0 Å². The van der Waals surface area contributed by atoms with Gasteiger partial charge in [-0.05, 0) is 20.8 Å². The highest BCUT2D eigenvalue weighted by Gasteiger charge is 1.62. The second-order valence-electron chi connectivity index (χ2n) is 1.72. The van der Waals surface area contributed by atoms with Gasteiger partial charge in [0.25, 0.3) is 0 Å². The van der Waals surface area contributed by atoms with Gasteiger partial charge in [-0.2, -0.15) is 0 Å². The van der Waals surface area contributed by atoms with Crippen LogP contribution in [0.15, 0.2) is 0 Å². The van der Waals surface area contributed by atoms with Gasteiger partial charge < -0.3 is 14.4 Å². The molecule has 0 aliphatic rings. The molecule has 0 aromatic rings. The van der Waals surface area contributed by atoms with Crippen LogP contribution in [0.25, 0.3) is 0 Å². The first-order valence-electron chi connectivity index (χ1n) is 3.37. The van der Waals surface area contributed by atoms with Gasteiger partial charge in [-0.25, -0.2) is 0 Å². The molecule has 3 nitrogen and oxygen atoms in total. The molecule has 0 rings (SSSR count). The van der Waals surface area contributed by atoms with Crippen molar-refractivity contribution >= 4 is 18.4 Å². The number of ketones is 1. The van der Waals surface area contributed by atoms with E-state index in [1.165, 1.54) is 20.8 Å². The molecule has 0 saturated heterocycles. The Morgan fingerprint density at radius 3 is 1.36 bits per heavy atom. The number of rotatable bonds is 1. The largest absolute Gasteiger partial charge is 0.304 e. The van der Waals surface area contributed by atoms with Crippen LogP contribution in [0, 0.1) is 0 Å². The summed E-state index contributed by atoms with van der Waals surface area (Å²) in [7, 11) is 0. The Bertz CT molecular complexity index is 93.5. The monoisotopic (exact) mass is 160 g/mol. The lowest BCUT2D eigenvalue weighted by molar-refractivity contribution is -0.115. The van der Waals surface area contributed by atoms with E-state index in [1.807, 2.05) is 6.92 Å². The summed E-state index contributed by atoms with van der Waals surface area (Å²) in [6.07, 6.45) is 2.26. The van der Waals surface area contributed by atoms with Crippen LogP contribution in [0.1, 0.15) is 34.1 Å². The minimum atomic E-state index is 0.167. The Kier molecular flexibility index (Phi) is 34.6. The van der Waals surface area contributed by atoms with Gasteiger partial charge in [-0.1, -0.05) is 6.92 Å². The van der Waals surface area contributed by atoms with Crippen LogP contribution in [-0.2, 0) is 14.4 Å². The van der Waals surface area contributed by atoms with E-state index < -0.39 is 0 Å². The molecule has 3 heteroatoms. The van der Waals surface area contributed by atoms with Crippen molar-refractivity contribution in [2.45, 2.75) is 34.1 Å². The van der Waals surface area contributed by atoms with Crippen LogP contribution in [0.3, 0.4) is 0 Å². The molecule has 0 amide bonds. The first-order chi connectivity index (χ1) is 5.06. The summed E-state index contributed by atoms with van der Waals surface area (Å²) in [6, 6.07) is 0. The zero-order valence-corrected chi connectivity index (χ0v) is 7.59. The van der Waals surface area contributed by atoms with Gasteiger partial charge in [-0.15, -0.1) is 0 Å². The predicted molar refractivity (Wildman–Crippen MR) is 44.4 cm³/mol. The smallest absolute Gasteiger partial charge is 0.126 e. The standard InChI is InChI=1S/2C3H6O.C2H4O/c1-3(2)4;1-2-3-4;1-2-3/h1-2H3;3H,2H2,1H3;2H,1H3. The quantitative estimate of drug-likeness (QED) is 0.545. The number of Topliss-reactive ketones (excluding diaryl/α,β-unsaturated/α-hetero) is 1. The third-order valence-electron chi connectivity index (χ3n) is 0.167. The fourth-order valence-corrected chi connectivity index (χ4v) is 0. The number of carbonyl (C=O) groups excluding carboxylic acids is 3. The summed E-state index contributed by atoms with van der Waals surface area (Å²) in [6.45, 7) is 6.31.